The fraction of sp³-hybridized carbons (Fsp3) is 0.308. The maximum Gasteiger partial charge on any atom is 0.261 e. The van der Waals surface area contributed by atoms with Crippen molar-refractivity contribution in [3.05, 3.63) is 70.0 Å². The summed E-state index contributed by atoms with van der Waals surface area (Å²) in [7, 11) is 1.65. The first kappa shape index (κ1) is 23.2. The van der Waals surface area contributed by atoms with Crippen LogP contribution in [-0.2, 0) is 11.3 Å². The molecule has 9 heteroatoms. The van der Waals surface area contributed by atoms with Gasteiger partial charge in [0.05, 0.1) is 30.5 Å². The minimum absolute atomic E-state index is 0.0317. The largest absolute Gasteiger partial charge is 0.497 e. The van der Waals surface area contributed by atoms with Crippen molar-refractivity contribution in [1.82, 2.24) is 19.7 Å². The zero-order valence-corrected chi connectivity index (χ0v) is 20.3. The normalized spacial score (nSPS) is 16.0. The van der Waals surface area contributed by atoms with E-state index in [-0.39, 0.29) is 30.7 Å². The standard InChI is InChI=1S/C26H26N4O4S/c1-34-19-6-4-5-18(15-19)22-17-35-23(27-22)16-28-11-13-29(14-12-28)24(31)9-10-30-25(32)20-7-2-3-8-21(20)26(30)33/h2-8,15,17H,9-14,16H2,1H3. The molecule has 0 atom stereocenters. The fourth-order valence-corrected chi connectivity index (χ4v) is 5.30. The molecule has 0 spiro atoms. The minimum Gasteiger partial charge on any atom is -0.497 e. The zero-order valence-electron chi connectivity index (χ0n) is 19.5. The molecule has 1 aromatic heterocycles. The number of aromatic nitrogens is 1. The quantitative estimate of drug-likeness (QED) is 0.473. The van der Waals surface area contributed by atoms with Crippen LogP contribution >= 0.6 is 11.3 Å². The number of hydrogen-bond acceptors (Lipinski definition) is 7. The molecule has 0 N–H and O–H groups in total. The molecule has 3 amide bonds. The van der Waals surface area contributed by atoms with Crippen LogP contribution in [0.1, 0.15) is 32.1 Å². The van der Waals surface area contributed by atoms with Gasteiger partial charge in [-0.15, -0.1) is 11.3 Å². The van der Waals surface area contributed by atoms with Crippen molar-refractivity contribution in [3.63, 3.8) is 0 Å². The van der Waals surface area contributed by atoms with Gasteiger partial charge in [0.25, 0.3) is 11.8 Å². The Morgan fingerprint density at radius 1 is 1.00 bits per heavy atom. The first-order valence-corrected chi connectivity index (χ1v) is 12.5. The number of carbonyl (C=O) groups is 3. The summed E-state index contributed by atoms with van der Waals surface area (Å²) >= 11 is 1.63. The highest BCUT2D eigenvalue weighted by molar-refractivity contribution is 7.09. The number of hydrogen-bond donors (Lipinski definition) is 0. The van der Waals surface area contributed by atoms with E-state index in [0.29, 0.717) is 24.2 Å². The maximum atomic E-state index is 12.8. The number of fused-ring (bicyclic) bond motifs is 1. The molecule has 5 rings (SSSR count). The average Bonchev–Trinajstić information content (AvgIpc) is 3.46. The van der Waals surface area contributed by atoms with Gasteiger partial charge in [-0.2, -0.15) is 0 Å². The lowest BCUT2D eigenvalue weighted by atomic mass is 10.1. The molecular formula is C26H26N4O4S. The Morgan fingerprint density at radius 3 is 2.40 bits per heavy atom. The first-order chi connectivity index (χ1) is 17.0. The van der Waals surface area contributed by atoms with Crippen LogP contribution in [0.25, 0.3) is 11.3 Å². The van der Waals surface area contributed by atoms with E-state index in [1.165, 1.54) is 4.90 Å². The number of amides is 3. The van der Waals surface area contributed by atoms with Crippen molar-refractivity contribution >= 4 is 29.1 Å². The lowest BCUT2D eigenvalue weighted by Gasteiger charge is -2.34. The molecule has 0 unspecified atom stereocenters. The Labute approximate surface area is 207 Å². The van der Waals surface area contributed by atoms with Gasteiger partial charge in [-0.1, -0.05) is 24.3 Å². The maximum absolute atomic E-state index is 12.8. The summed E-state index contributed by atoms with van der Waals surface area (Å²) in [5.41, 5.74) is 2.79. The van der Waals surface area contributed by atoms with Gasteiger partial charge in [-0.3, -0.25) is 24.2 Å². The Bertz CT molecular complexity index is 1230. The second kappa shape index (κ2) is 9.97. The zero-order chi connectivity index (χ0) is 24.4. The average molecular weight is 491 g/mol. The summed E-state index contributed by atoms with van der Waals surface area (Å²) in [6.45, 7) is 3.60. The van der Waals surface area contributed by atoms with Gasteiger partial charge in [0.1, 0.15) is 10.8 Å². The number of benzene rings is 2. The second-order valence-corrected chi connectivity index (χ2v) is 9.52. The van der Waals surface area contributed by atoms with Crippen molar-refractivity contribution in [1.29, 1.82) is 0 Å². The highest BCUT2D eigenvalue weighted by atomic mass is 32.1. The third kappa shape index (κ3) is 4.82. The molecule has 1 saturated heterocycles. The number of carbonyl (C=O) groups excluding carboxylic acids is 3. The van der Waals surface area contributed by atoms with E-state index in [4.69, 9.17) is 9.72 Å². The number of methoxy groups -OCH3 is 1. The van der Waals surface area contributed by atoms with E-state index in [1.807, 2.05) is 29.2 Å². The van der Waals surface area contributed by atoms with E-state index in [2.05, 4.69) is 10.3 Å². The monoisotopic (exact) mass is 490 g/mol. The number of piperazine rings is 1. The number of ether oxygens (including phenoxy) is 1. The van der Waals surface area contributed by atoms with Crippen LogP contribution in [0.2, 0.25) is 0 Å². The first-order valence-electron chi connectivity index (χ1n) is 11.6. The molecule has 2 aliphatic rings. The van der Waals surface area contributed by atoms with Gasteiger partial charge in [-0.25, -0.2) is 4.98 Å². The Kier molecular flexibility index (Phi) is 6.61. The van der Waals surface area contributed by atoms with Gasteiger partial charge in [-0.05, 0) is 24.3 Å². The summed E-state index contributed by atoms with van der Waals surface area (Å²) < 4.78 is 5.30. The molecule has 35 heavy (non-hydrogen) atoms. The highest BCUT2D eigenvalue weighted by Crippen LogP contribution is 2.26. The van der Waals surface area contributed by atoms with Gasteiger partial charge < -0.3 is 9.64 Å². The minimum atomic E-state index is -0.319. The van der Waals surface area contributed by atoms with Gasteiger partial charge in [0.2, 0.25) is 5.91 Å². The Morgan fingerprint density at radius 2 is 1.71 bits per heavy atom. The van der Waals surface area contributed by atoms with Crippen molar-refractivity contribution in [2.24, 2.45) is 0 Å². The number of imide groups is 1. The molecular weight excluding hydrogens is 464 g/mol. The van der Waals surface area contributed by atoms with Crippen LogP contribution in [0.3, 0.4) is 0 Å². The van der Waals surface area contributed by atoms with Crippen molar-refractivity contribution < 1.29 is 19.1 Å². The topological polar surface area (TPSA) is 83.0 Å². The van der Waals surface area contributed by atoms with Crippen LogP contribution in [-0.4, -0.2) is 77.2 Å². The third-order valence-electron chi connectivity index (χ3n) is 6.43. The molecule has 3 aromatic rings. The lowest BCUT2D eigenvalue weighted by molar-refractivity contribution is -0.133. The summed E-state index contributed by atoms with van der Waals surface area (Å²) in [5.74, 6) is 0.136. The van der Waals surface area contributed by atoms with Gasteiger partial charge >= 0.3 is 0 Å². The van der Waals surface area contributed by atoms with Crippen molar-refractivity contribution in [3.8, 4) is 17.0 Å². The number of rotatable bonds is 7. The molecule has 0 saturated carbocycles. The van der Waals surface area contributed by atoms with Crippen LogP contribution < -0.4 is 4.74 Å². The molecule has 0 aliphatic carbocycles. The van der Waals surface area contributed by atoms with E-state index in [1.54, 1.807) is 42.7 Å². The summed E-state index contributed by atoms with van der Waals surface area (Å²) in [5, 5.41) is 3.09. The van der Waals surface area contributed by atoms with Gasteiger partial charge in [0.15, 0.2) is 0 Å². The van der Waals surface area contributed by atoms with Crippen molar-refractivity contribution in [2.75, 3.05) is 39.8 Å². The van der Waals surface area contributed by atoms with Crippen LogP contribution in [0, 0.1) is 0 Å². The molecule has 2 aromatic carbocycles. The van der Waals surface area contributed by atoms with Crippen LogP contribution in [0.15, 0.2) is 53.9 Å². The molecule has 0 bridgehead atoms. The smallest absolute Gasteiger partial charge is 0.261 e. The number of nitrogens with zero attached hydrogens (tertiary/aromatic N) is 4. The molecule has 0 radical (unpaired) electrons. The molecule has 1 fully saturated rings. The fourth-order valence-electron chi connectivity index (χ4n) is 4.45. The second-order valence-electron chi connectivity index (χ2n) is 8.57. The highest BCUT2D eigenvalue weighted by Gasteiger charge is 2.35. The summed E-state index contributed by atoms with van der Waals surface area (Å²) in [6.07, 6.45) is 0.141. The third-order valence-corrected chi connectivity index (χ3v) is 7.26. The lowest BCUT2D eigenvalue weighted by Crippen LogP contribution is -2.49. The molecule has 3 heterocycles. The number of thiazole rings is 1. The van der Waals surface area contributed by atoms with E-state index in [0.717, 1.165) is 41.6 Å². The van der Waals surface area contributed by atoms with E-state index >= 15 is 0 Å². The van der Waals surface area contributed by atoms with E-state index < -0.39 is 0 Å². The summed E-state index contributed by atoms with van der Waals surface area (Å²) in [4.78, 5) is 47.8. The molecule has 180 valence electrons. The molecule has 2 aliphatic heterocycles. The van der Waals surface area contributed by atoms with Crippen LogP contribution in [0.4, 0.5) is 0 Å². The summed E-state index contributed by atoms with van der Waals surface area (Å²) in [6, 6.07) is 14.7. The predicted molar refractivity (Wildman–Crippen MR) is 132 cm³/mol. The van der Waals surface area contributed by atoms with Crippen molar-refractivity contribution in [2.45, 2.75) is 13.0 Å². The van der Waals surface area contributed by atoms with Gasteiger partial charge in [0, 0.05) is 50.1 Å². The van der Waals surface area contributed by atoms with Crippen LogP contribution in [0.5, 0.6) is 5.75 Å². The Balaban J connectivity index is 1.10. The SMILES string of the molecule is COc1cccc(-c2csc(CN3CCN(C(=O)CCN4C(=O)c5ccccc5C4=O)CC3)n2)c1. The molecule has 8 nitrogen and oxygen atoms in total. The van der Waals surface area contributed by atoms with E-state index in [9.17, 15) is 14.4 Å². The predicted octanol–water partition coefficient (Wildman–Crippen LogP) is 3.15. The Hall–Kier alpha value is -3.56.